The number of anilines is 1. The second-order valence-corrected chi connectivity index (χ2v) is 4.50. The lowest BCUT2D eigenvalue weighted by molar-refractivity contribution is 0.188. The summed E-state index contributed by atoms with van der Waals surface area (Å²) in [5.74, 6) is -0.280. The van der Waals surface area contributed by atoms with Gasteiger partial charge in [0.15, 0.2) is 0 Å². The van der Waals surface area contributed by atoms with Crippen molar-refractivity contribution < 1.29 is 14.6 Å². The highest BCUT2D eigenvalue weighted by molar-refractivity contribution is 5.49. The average Bonchev–Trinajstić information content (AvgIpc) is 2.40. The van der Waals surface area contributed by atoms with Crippen LogP contribution in [-0.4, -0.2) is 54.4 Å². The molecular weight excluding hydrogens is 235 g/mol. The lowest BCUT2D eigenvalue weighted by Gasteiger charge is -2.35. The first-order chi connectivity index (χ1) is 8.74. The number of aliphatic hydroxyl groups is 2. The Kier molecular flexibility index (Phi) is 4.52. The molecule has 1 aromatic carbocycles. The Morgan fingerprint density at radius 3 is 2.39 bits per heavy atom. The van der Waals surface area contributed by atoms with Gasteiger partial charge in [-0.15, -0.1) is 0 Å². The van der Waals surface area contributed by atoms with Crippen LogP contribution in [0.2, 0.25) is 0 Å². The molecule has 1 aliphatic rings. The van der Waals surface area contributed by atoms with Gasteiger partial charge in [0.05, 0.1) is 18.9 Å². The minimum Gasteiger partial charge on any atom is -0.395 e. The first kappa shape index (κ1) is 13.3. The highest BCUT2D eigenvalue weighted by atomic mass is 19.1. The van der Waals surface area contributed by atoms with Gasteiger partial charge in [-0.3, -0.25) is 4.90 Å². The van der Waals surface area contributed by atoms with Crippen molar-refractivity contribution in [3.05, 3.63) is 29.6 Å². The van der Waals surface area contributed by atoms with Crippen molar-refractivity contribution in [1.29, 1.82) is 0 Å². The van der Waals surface area contributed by atoms with Crippen LogP contribution in [0, 0.1) is 5.82 Å². The Bertz CT molecular complexity index is 393. The second kappa shape index (κ2) is 6.13. The van der Waals surface area contributed by atoms with Gasteiger partial charge in [0.2, 0.25) is 0 Å². The van der Waals surface area contributed by atoms with E-state index in [2.05, 4.69) is 4.90 Å². The molecule has 2 N–H and O–H groups in total. The van der Waals surface area contributed by atoms with Crippen molar-refractivity contribution in [2.45, 2.75) is 6.61 Å². The van der Waals surface area contributed by atoms with E-state index in [0.29, 0.717) is 17.8 Å². The minimum absolute atomic E-state index is 0.137. The fraction of sp³-hybridized carbons (Fsp3) is 0.538. The van der Waals surface area contributed by atoms with E-state index in [9.17, 15) is 4.39 Å². The van der Waals surface area contributed by atoms with Crippen LogP contribution in [0.3, 0.4) is 0 Å². The predicted molar refractivity (Wildman–Crippen MR) is 68.1 cm³/mol. The van der Waals surface area contributed by atoms with Gasteiger partial charge in [-0.05, 0) is 17.7 Å². The first-order valence-corrected chi connectivity index (χ1v) is 6.22. The fourth-order valence-electron chi connectivity index (χ4n) is 2.26. The molecule has 0 amide bonds. The number of nitrogens with zero attached hydrogens (tertiary/aromatic N) is 2. The fourth-order valence-corrected chi connectivity index (χ4v) is 2.26. The Morgan fingerprint density at radius 1 is 1.11 bits per heavy atom. The number of halogens is 1. The van der Waals surface area contributed by atoms with E-state index in [0.717, 1.165) is 26.2 Å². The quantitative estimate of drug-likeness (QED) is 0.818. The molecule has 0 unspecified atom stereocenters. The van der Waals surface area contributed by atoms with Gasteiger partial charge in [0.25, 0.3) is 0 Å². The number of rotatable bonds is 4. The molecular formula is C13H19FN2O2. The third-order valence-electron chi connectivity index (χ3n) is 3.32. The van der Waals surface area contributed by atoms with Crippen LogP contribution in [0.15, 0.2) is 18.2 Å². The van der Waals surface area contributed by atoms with E-state index >= 15 is 0 Å². The van der Waals surface area contributed by atoms with Crippen LogP contribution in [0.1, 0.15) is 5.56 Å². The molecule has 1 saturated heterocycles. The van der Waals surface area contributed by atoms with Crippen molar-refractivity contribution in [3.8, 4) is 0 Å². The summed E-state index contributed by atoms with van der Waals surface area (Å²) in [4.78, 5) is 4.17. The zero-order valence-corrected chi connectivity index (χ0v) is 10.3. The van der Waals surface area contributed by atoms with Crippen LogP contribution < -0.4 is 4.90 Å². The van der Waals surface area contributed by atoms with E-state index in [1.807, 2.05) is 4.90 Å². The normalized spacial score (nSPS) is 17.2. The number of hydrogen-bond donors (Lipinski definition) is 2. The summed E-state index contributed by atoms with van der Waals surface area (Å²) in [6.07, 6.45) is 0. The summed E-state index contributed by atoms with van der Waals surface area (Å²) in [7, 11) is 0. The molecule has 0 saturated carbocycles. The van der Waals surface area contributed by atoms with Gasteiger partial charge in [-0.1, -0.05) is 6.07 Å². The highest BCUT2D eigenvalue weighted by Gasteiger charge is 2.19. The van der Waals surface area contributed by atoms with E-state index in [-0.39, 0.29) is 19.0 Å². The van der Waals surface area contributed by atoms with E-state index in [1.54, 1.807) is 12.1 Å². The molecule has 2 rings (SSSR count). The number of benzene rings is 1. The number of hydrogen-bond acceptors (Lipinski definition) is 4. The lowest BCUT2D eigenvalue weighted by Crippen LogP contribution is -2.47. The molecule has 4 nitrogen and oxygen atoms in total. The van der Waals surface area contributed by atoms with Crippen LogP contribution in [-0.2, 0) is 6.61 Å². The molecule has 100 valence electrons. The van der Waals surface area contributed by atoms with E-state index in [1.165, 1.54) is 6.07 Å². The molecule has 0 bridgehead atoms. The first-order valence-electron chi connectivity index (χ1n) is 6.22. The summed E-state index contributed by atoms with van der Waals surface area (Å²) < 4.78 is 13.9. The predicted octanol–water partition coefficient (Wildman–Crippen LogP) is 0.432. The monoisotopic (exact) mass is 254 g/mol. The van der Waals surface area contributed by atoms with E-state index in [4.69, 9.17) is 10.2 Å². The van der Waals surface area contributed by atoms with Gasteiger partial charge in [-0.25, -0.2) is 4.39 Å². The summed E-state index contributed by atoms with van der Waals surface area (Å²) in [6.45, 7) is 3.90. The summed E-state index contributed by atoms with van der Waals surface area (Å²) in [6, 6.07) is 4.86. The second-order valence-electron chi connectivity index (χ2n) is 4.50. The molecule has 1 heterocycles. The van der Waals surface area contributed by atoms with Crippen LogP contribution in [0.4, 0.5) is 10.1 Å². The molecule has 18 heavy (non-hydrogen) atoms. The Balaban J connectivity index is 2.01. The van der Waals surface area contributed by atoms with Gasteiger partial charge in [0.1, 0.15) is 5.82 Å². The minimum atomic E-state index is -0.280. The van der Waals surface area contributed by atoms with Gasteiger partial charge < -0.3 is 15.1 Å². The molecule has 1 aromatic rings. The van der Waals surface area contributed by atoms with Crippen molar-refractivity contribution in [2.75, 3.05) is 44.2 Å². The highest BCUT2D eigenvalue weighted by Crippen LogP contribution is 2.21. The summed E-state index contributed by atoms with van der Waals surface area (Å²) >= 11 is 0. The topological polar surface area (TPSA) is 46.9 Å². The maximum atomic E-state index is 13.9. The van der Waals surface area contributed by atoms with Crippen LogP contribution in [0.5, 0.6) is 0 Å². The summed E-state index contributed by atoms with van der Waals surface area (Å²) in [5.41, 5.74) is 1.19. The third kappa shape index (κ3) is 2.98. The summed E-state index contributed by atoms with van der Waals surface area (Å²) in [5, 5.41) is 17.8. The van der Waals surface area contributed by atoms with E-state index < -0.39 is 0 Å². The Morgan fingerprint density at radius 2 is 1.83 bits per heavy atom. The average molecular weight is 254 g/mol. The van der Waals surface area contributed by atoms with Crippen LogP contribution >= 0.6 is 0 Å². The smallest absolute Gasteiger partial charge is 0.146 e. The van der Waals surface area contributed by atoms with Gasteiger partial charge in [0, 0.05) is 32.7 Å². The standard InChI is InChI=1S/C13H19FN2O2/c14-12-9-11(10-18)1-2-13(12)16-5-3-15(4-6-16)7-8-17/h1-2,9,17-18H,3-8,10H2. The Labute approximate surface area is 106 Å². The van der Waals surface area contributed by atoms with Gasteiger partial charge in [-0.2, -0.15) is 0 Å². The van der Waals surface area contributed by atoms with Crippen molar-refractivity contribution >= 4 is 5.69 Å². The maximum Gasteiger partial charge on any atom is 0.146 e. The number of piperazine rings is 1. The SMILES string of the molecule is OCCN1CCN(c2ccc(CO)cc2F)CC1. The van der Waals surface area contributed by atoms with Crippen molar-refractivity contribution in [3.63, 3.8) is 0 Å². The third-order valence-corrected chi connectivity index (χ3v) is 3.32. The lowest BCUT2D eigenvalue weighted by atomic mass is 10.1. The zero-order valence-electron chi connectivity index (χ0n) is 10.3. The molecule has 1 aliphatic heterocycles. The Hall–Kier alpha value is -1.17. The van der Waals surface area contributed by atoms with Gasteiger partial charge >= 0.3 is 0 Å². The number of aliphatic hydroxyl groups excluding tert-OH is 2. The van der Waals surface area contributed by atoms with Crippen LogP contribution in [0.25, 0.3) is 0 Å². The van der Waals surface area contributed by atoms with Crippen molar-refractivity contribution in [1.82, 2.24) is 4.90 Å². The molecule has 1 fully saturated rings. The molecule has 5 heteroatoms. The maximum absolute atomic E-state index is 13.9. The molecule has 0 radical (unpaired) electrons. The molecule has 0 atom stereocenters. The largest absolute Gasteiger partial charge is 0.395 e. The number of β-amino-alcohol motifs (C(OH)–C–C–N with tert-alkyl or cyclic N) is 1. The molecule has 0 aliphatic carbocycles. The molecule has 0 spiro atoms. The molecule has 0 aromatic heterocycles. The zero-order chi connectivity index (χ0) is 13.0. The van der Waals surface area contributed by atoms with Crippen molar-refractivity contribution in [2.24, 2.45) is 0 Å².